The number of esters is 1. The summed E-state index contributed by atoms with van der Waals surface area (Å²) in [6.07, 6.45) is 0.902. The predicted molar refractivity (Wildman–Crippen MR) is 140 cm³/mol. The fourth-order valence-corrected chi connectivity index (χ4v) is 4.35. The molecule has 0 atom stereocenters. The first-order valence-corrected chi connectivity index (χ1v) is 12.0. The Kier molecular flexibility index (Phi) is 7.04. The number of hydrogen-bond donors (Lipinski definition) is 1. The number of anilines is 2. The molecule has 0 saturated carbocycles. The molecule has 3 aromatic carbocycles. The van der Waals surface area contributed by atoms with Crippen LogP contribution in [0.15, 0.2) is 77.5 Å². The smallest absolute Gasteiger partial charge is 0.343 e. The molecule has 34 heavy (non-hydrogen) atoms. The van der Waals surface area contributed by atoms with Gasteiger partial charge >= 0.3 is 5.97 Å². The van der Waals surface area contributed by atoms with E-state index < -0.39 is 17.8 Å². The van der Waals surface area contributed by atoms with Gasteiger partial charge in [0.2, 0.25) is 0 Å². The Morgan fingerprint density at radius 3 is 2.29 bits per heavy atom. The largest absolute Gasteiger partial charge is 0.423 e. The fraction of sp³-hybridized carbons (Fsp3) is 0.115. The zero-order valence-electron chi connectivity index (χ0n) is 18.4. The Labute approximate surface area is 215 Å². The van der Waals surface area contributed by atoms with E-state index in [1.54, 1.807) is 42.5 Å². The van der Waals surface area contributed by atoms with Crippen LogP contribution in [0.5, 0.6) is 5.75 Å². The maximum atomic E-state index is 13.0. The maximum Gasteiger partial charge on any atom is 0.343 e. The lowest BCUT2D eigenvalue weighted by Gasteiger charge is -2.17. The topological polar surface area (TPSA) is 75.7 Å². The van der Waals surface area contributed by atoms with E-state index in [2.05, 4.69) is 34.8 Å². The van der Waals surface area contributed by atoms with Crippen LogP contribution >= 0.6 is 34.2 Å². The number of imide groups is 1. The minimum absolute atomic E-state index is 0.0176. The van der Waals surface area contributed by atoms with Crippen molar-refractivity contribution in [3.05, 3.63) is 97.7 Å². The van der Waals surface area contributed by atoms with Gasteiger partial charge < -0.3 is 10.1 Å². The third kappa shape index (κ3) is 4.85. The molecule has 1 aliphatic heterocycles. The lowest BCUT2D eigenvalue weighted by molar-refractivity contribution is -0.120. The van der Waals surface area contributed by atoms with Crippen molar-refractivity contribution >= 4 is 63.4 Å². The SMILES string of the molecule is CCc1ccc(OC(=O)c2ccc(NC3=C(Cl)C(=O)N(c4ccc(I)cc4C)C3=O)cc2)cc1. The quantitative estimate of drug-likeness (QED) is 0.171. The van der Waals surface area contributed by atoms with Gasteiger partial charge in [-0.3, -0.25) is 9.59 Å². The number of nitrogens with one attached hydrogen (secondary N) is 1. The normalized spacial score (nSPS) is 13.5. The minimum Gasteiger partial charge on any atom is -0.423 e. The molecule has 4 rings (SSSR count). The fourth-order valence-electron chi connectivity index (χ4n) is 3.49. The lowest BCUT2D eigenvalue weighted by atomic mass is 10.1. The predicted octanol–water partition coefficient (Wildman–Crippen LogP) is 5.82. The van der Waals surface area contributed by atoms with Crippen molar-refractivity contribution in [2.24, 2.45) is 0 Å². The van der Waals surface area contributed by atoms with Gasteiger partial charge in [-0.2, -0.15) is 0 Å². The van der Waals surface area contributed by atoms with Crippen molar-refractivity contribution in [3.63, 3.8) is 0 Å². The van der Waals surface area contributed by atoms with Gasteiger partial charge in [-0.25, -0.2) is 9.69 Å². The second-order valence-electron chi connectivity index (χ2n) is 7.65. The van der Waals surface area contributed by atoms with Crippen LogP contribution in [0.1, 0.15) is 28.4 Å². The van der Waals surface area contributed by atoms with E-state index in [1.807, 2.05) is 31.2 Å². The summed E-state index contributed by atoms with van der Waals surface area (Å²) in [5, 5.41) is 2.72. The first kappa shape index (κ1) is 24.0. The van der Waals surface area contributed by atoms with Gasteiger partial charge in [0.25, 0.3) is 11.8 Å². The van der Waals surface area contributed by atoms with Crippen LogP contribution in [0.2, 0.25) is 0 Å². The summed E-state index contributed by atoms with van der Waals surface area (Å²) in [4.78, 5) is 39.2. The van der Waals surface area contributed by atoms with E-state index in [0.717, 1.165) is 26.0 Å². The van der Waals surface area contributed by atoms with Crippen molar-refractivity contribution in [3.8, 4) is 5.75 Å². The molecule has 1 heterocycles. The Hall–Kier alpha value is -3.17. The van der Waals surface area contributed by atoms with E-state index in [4.69, 9.17) is 16.3 Å². The van der Waals surface area contributed by atoms with Crippen LogP contribution in [0.3, 0.4) is 0 Å². The Balaban J connectivity index is 1.47. The van der Waals surface area contributed by atoms with Crippen molar-refractivity contribution in [1.82, 2.24) is 0 Å². The summed E-state index contributed by atoms with van der Waals surface area (Å²) >= 11 is 8.39. The number of halogens is 2. The number of hydrogen-bond acceptors (Lipinski definition) is 5. The van der Waals surface area contributed by atoms with Crippen LogP contribution in [0.4, 0.5) is 11.4 Å². The summed E-state index contributed by atoms with van der Waals surface area (Å²) in [6.45, 7) is 3.88. The molecule has 0 radical (unpaired) electrons. The van der Waals surface area contributed by atoms with Gasteiger partial charge in [-0.1, -0.05) is 30.7 Å². The Bertz CT molecular complexity index is 1320. The second kappa shape index (κ2) is 9.99. The molecular formula is C26H20ClIN2O4. The maximum absolute atomic E-state index is 13.0. The molecule has 6 nitrogen and oxygen atoms in total. The molecule has 0 spiro atoms. The summed E-state index contributed by atoms with van der Waals surface area (Å²) in [5.74, 6) is -1.17. The van der Waals surface area contributed by atoms with Crippen molar-refractivity contribution in [2.75, 3.05) is 10.2 Å². The molecule has 0 aliphatic carbocycles. The molecule has 2 amide bonds. The number of amides is 2. The van der Waals surface area contributed by atoms with Crippen LogP contribution in [-0.4, -0.2) is 17.8 Å². The van der Waals surface area contributed by atoms with E-state index in [0.29, 0.717) is 22.7 Å². The molecule has 0 unspecified atom stereocenters. The van der Waals surface area contributed by atoms with E-state index in [1.165, 1.54) is 0 Å². The molecule has 8 heteroatoms. The zero-order valence-corrected chi connectivity index (χ0v) is 21.3. The van der Waals surface area contributed by atoms with Crippen molar-refractivity contribution in [1.29, 1.82) is 0 Å². The van der Waals surface area contributed by atoms with E-state index >= 15 is 0 Å². The van der Waals surface area contributed by atoms with Gasteiger partial charge in [-0.15, -0.1) is 0 Å². The number of benzene rings is 3. The van der Waals surface area contributed by atoms with E-state index in [-0.39, 0.29) is 10.7 Å². The van der Waals surface area contributed by atoms with Crippen LogP contribution in [0.25, 0.3) is 0 Å². The van der Waals surface area contributed by atoms with Crippen LogP contribution in [0, 0.1) is 10.5 Å². The molecule has 0 saturated heterocycles. The number of carbonyl (C=O) groups is 3. The average molecular weight is 587 g/mol. The summed E-state index contributed by atoms with van der Waals surface area (Å²) in [6, 6.07) is 19.1. The first-order valence-electron chi connectivity index (χ1n) is 10.5. The number of rotatable bonds is 6. The summed E-state index contributed by atoms with van der Waals surface area (Å²) < 4.78 is 6.40. The summed E-state index contributed by atoms with van der Waals surface area (Å²) in [7, 11) is 0. The molecular weight excluding hydrogens is 567 g/mol. The van der Waals surface area contributed by atoms with Crippen LogP contribution < -0.4 is 15.0 Å². The van der Waals surface area contributed by atoms with Crippen molar-refractivity contribution < 1.29 is 19.1 Å². The monoisotopic (exact) mass is 586 g/mol. The van der Waals surface area contributed by atoms with E-state index in [9.17, 15) is 14.4 Å². The first-order chi connectivity index (χ1) is 16.3. The molecule has 1 aliphatic rings. The Morgan fingerprint density at radius 2 is 1.68 bits per heavy atom. The third-order valence-corrected chi connectivity index (χ3v) is 6.38. The van der Waals surface area contributed by atoms with Gasteiger partial charge in [0.05, 0.1) is 11.3 Å². The second-order valence-corrected chi connectivity index (χ2v) is 9.28. The van der Waals surface area contributed by atoms with Crippen LogP contribution in [-0.2, 0) is 16.0 Å². The third-order valence-electron chi connectivity index (χ3n) is 5.36. The zero-order chi connectivity index (χ0) is 24.4. The molecule has 0 aromatic heterocycles. The number of aryl methyl sites for hydroxylation is 2. The lowest BCUT2D eigenvalue weighted by Crippen LogP contribution is -2.32. The highest BCUT2D eigenvalue weighted by Crippen LogP contribution is 2.32. The Morgan fingerprint density at radius 1 is 1.00 bits per heavy atom. The number of nitrogens with zero attached hydrogens (tertiary/aromatic N) is 1. The highest BCUT2D eigenvalue weighted by atomic mass is 127. The van der Waals surface area contributed by atoms with Gasteiger partial charge in [0, 0.05) is 9.26 Å². The standard InChI is InChI=1S/C26H20ClIN2O4/c1-3-16-4-11-20(12-5-16)34-26(33)17-6-9-19(10-7-17)29-23-22(27)24(31)30(25(23)32)21-13-8-18(28)14-15(21)2/h4-14,29H,3H2,1-2H3. The molecule has 172 valence electrons. The van der Waals surface area contributed by atoms with Gasteiger partial charge in [-0.05, 0) is 102 Å². The molecule has 3 aromatic rings. The van der Waals surface area contributed by atoms with Crippen molar-refractivity contribution in [2.45, 2.75) is 20.3 Å². The number of carbonyl (C=O) groups excluding carboxylic acids is 3. The number of ether oxygens (including phenoxy) is 1. The highest BCUT2D eigenvalue weighted by Gasteiger charge is 2.39. The molecule has 0 bridgehead atoms. The average Bonchev–Trinajstić information content (AvgIpc) is 3.03. The summed E-state index contributed by atoms with van der Waals surface area (Å²) in [5.41, 5.74) is 3.24. The highest BCUT2D eigenvalue weighted by molar-refractivity contribution is 14.1. The minimum atomic E-state index is -0.590. The van der Waals surface area contributed by atoms with Gasteiger partial charge in [0.1, 0.15) is 16.5 Å². The molecule has 1 N–H and O–H groups in total. The molecule has 0 fully saturated rings. The van der Waals surface area contributed by atoms with Gasteiger partial charge in [0.15, 0.2) is 0 Å².